The zero-order valence-electron chi connectivity index (χ0n) is 12.5. The molecule has 3 N–H and O–H groups in total. The van der Waals surface area contributed by atoms with Crippen LogP contribution >= 0.6 is 11.6 Å². The summed E-state index contributed by atoms with van der Waals surface area (Å²) in [5, 5.41) is 13.8. The maximum absolute atomic E-state index is 12.2. The van der Waals surface area contributed by atoms with Gasteiger partial charge in [0.25, 0.3) is 5.91 Å². The van der Waals surface area contributed by atoms with Crippen molar-refractivity contribution in [3.05, 3.63) is 23.4 Å². The number of anilines is 1. The van der Waals surface area contributed by atoms with Gasteiger partial charge < -0.3 is 10.2 Å². The first kappa shape index (κ1) is 14.3. The number of H-pyrrole nitrogens is 1. The molecule has 0 aliphatic carbocycles. The average Bonchev–Trinajstić information content (AvgIpc) is 3.06. The highest BCUT2D eigenvalue weighted by Crippen LogP contribution is 2.36. The lowest BCUT2D eigenvalue weighted by Gasteiger charge is -2.43. The number of nitrogens with one attached hydrogen (secondary N) is 3. The van der Waals surface area contributed by atoms with Crippen LogP contribution in [0.1, 0.15) is 13.3 Å². The number of halogens is 1. The summed E-state index contributed by atoms with van der Waals surface area (Å²) in [6, 6.07) is 3.35. The van der Waals surface area contributed by atoms with Gasteiger partial charge in [-0.3, -0.25) is 15.2 Å². The van der Waals surface area contributed by atoms with E-state index in [-0.39, 0.29) is 11.8 Å². The number of hydrogen-bond donors (Lipinski definition) is 3. The van der Waals surface area contributed by atoms with Gasteiger partial charge in [0.2, 0.25) is 0 Å². The molecule has 3 amide bonds. The zero-order chi connectivity index (χ0) is 16.2. The van der Waals surface area contributed by atoms with Gasteiger partial charge in [0.15, 0.2) is 0 Å². The average molecular weight is 334 g/mol. The van der Waals surface area contributed by atoms with Crippen LogP contribution in [0.2, 0.25) is 5.02 Å². The minimum atomic E-state index is -0.804. The number of hydrogen-bond acceptors (Lipinski definition) is 4. The second-order valence-corrected chi connectivity index (χ2v) is 6.67. The molecule has 2 unspecified atom stereocenters. The Hall–Kier alpha value is -2.28. The summed E-state index contributed by atoms with van der Waals surface area (Å²) in [6.07, 6.45) is 2.33. The van der Waals surface area contributed by atoms with Crippen molar-refractivity contribution in [2.75, 3.05) is 18.0 Å². The van der Waals surface area contributed by atoms with E-state index in [2.05, 4.69) is 25.7 Å². The fourth-order valence-electron chi connectivity index (χ4n) is 3.64. The quantitative estimate of drug-likeness (QED) is 0.692. The van der Waals surface area contributed by atoms with Gasteiger partial charge in [0, 0.05) is 35.1 Å². The highest BCUT2D eigenvalue weighted by molar-refractivity contribution is 6.31. The molecule has 8 heteroatoms. The van der Waals surface area contributed by atoms with Crippen molar-refractivity contribution in [3.63, 3.8) is 0 Å². The molecular weight excluding hydrogens is 318 g/mol. The number of carbonyl (C=O) groups is 2. The van der Waals surface area contributed by atoms with Crippen molar-refractivity contribution in [1.82, 2.24) is 20.8 Å². The predicted octanol–water partition coefficient (Wildman–Crippen LogP) is 1.64. The van der Waals surface area contributed by atoms with Crippen LogP contribution in [-0.4, -0.2) is 40.8 Å². The number of nitrogens with zero attached hydrogens (tertiary/aromatic N) is 2. The molecule has 2 fully saturated rings. The lowest BCUT2D eigenvalue weighted by Crippen LogP contribution is -2.60. The Morgan fingerprint density at radius 1 is 1.39 bits per heavy atom. The van der Waals surface area contributed by atoms with Crippen molar-refractivity contribution in [1.29, 1.82) is 0 Å². The van der Waals surface area contributed by atoms with E-state index in [1.165, 1.54) is 0 Å². The molecule has 2 aliphatic heterocycles. The summed E-state index contributed by atoms with van der Waals surface area (Å²) >= 11 is 6.20. The number of fused-ring (bicyclic) bond motifs is 1. The van der Waals surface area contributed by atoms with Crippen molar-refractivity contribution in [2.45, 2.75) is 18.9 Å². The normalized spacial score (nSPS) is 27.6. The van der Waals surface area contributed by atoms with Crippen LogP contribution in [0.4, 0.5) is 10.5 Å². The summed E-state index contributed by atoms with van der Waals surface area (Å²) in [7, 11) is 0. The molecule has 2 saturated heterocycles. The van der Waals surface area contributed by atoms with E-state index in [4.69, 9.17) is 11.6 Å². The molecule has 1 aromatic heterocycles. The van der Waals surface area contributed by atoms with E-state index in [0.717, 1.165) is 16.6 Å². The van der Waals surface area contributed by atoms with Crippen LogP contribution in [0, 0.1) is 5.92 Å². The van der Waals surface area contributed by atoms with E-state index in [0.29, 0.717) is 24.5 Å². The van der Waals surface area contributed by atoms with Crippen molar-refractivity contribution >= 4 is 40.1 Å². The van der Waals surface area contributed by atoms with Crippen LogP contribution in [0.25, 0.3) is 10.9 Å². The summed E-state index contributed by atoms with van der Waals surface area (Å²) < 4.78 is 0. The molecule has 0 radical (unpaired) electrons. The Morgan fingerprint density at radius 3 is 2.91 bits per heavy atom. The summed E-state index contributed by atoms with van der Waals surface area (Å²) in [5.41, 5.74) is 1.07. The third-order valence-corrected chi connectivity index (χ3v) is 5.14. The standard InChI is InChI=1S/C15H16ClN5O2/c1-8-7-21(3-2-15(8)13(22)18-14(23)19-15)12-5-9(16)4-11-10(12)6-17-20-11/h4-6,8H,2-3,7H2,1H3,(H,17,20)(H2,18,19,22,23). The number of carbonyl (C=O) groups excluding carboxylic acids is 2. The first-order valence-electron chi connectivity index (χ1n) is 7.51. The van der Waals surface area contributed by atoms with Crippen LogP contribution in [-0.2, 0) is 4.79 Å². The van der Waals surface area contributed by atoms with E-state index in [1.807, 2.05) is 19.1 Å². The number of imide groups is 1. The molecule has 1 aromatic carbocycles. The topological polar surface area (TPSA) is 90.1 Å². The Labute approximate surface area is 137 Å². The predicted molar refractivity (Wildman–Crippen MR) is 86.5 cm³/mol. The molecule has 2 atom stereocenters. The third-order valence-electron chi connectivity index (χ3n) is 4.92. The van der Waals surface area contributed by atoms with E-state index in [1.54, 1.807) is 6.20 Å². The van der Waals surface area contributed by atoms with Gasteiger partial charge in [-0.05, 0) is 18.6 Å². The fraction of sp³-hybridized carbons (Fsp3) is 0.400. The molecule has 1 spiro atoms. The molecule has 0 saturated carbocycles. The molecule has 2 aromatic rings. The first-order chi connectivity index (χ1) is 11.0. The Balaban J connectivity index is 1.67. The van der Waals surface area contributed by atoms with Crippen molar-refractivity contribution in [3.8, 4) is 0 Å². The van der Waals surface area contributed by atoms with Crippen molar-refractivity contribution < 1.29 is 9.59 Å². The molecule has 120 valence electrons. The van der Waals surface area contributed by atoms with Gasteiger partial charge >= 0.3 is 6.03 Å². The lowest BCUT2D eigenvalue weighted by molar-refractivity contribution is -0.126. The maximum Gasteiger partial charge on any atom is 0.322 e. The molecule has 3 heterocycles. The number of aromatic amines is 1. The summed E-state index contributed by atoms with van der Waals surface area (Å²) in [5.74, 6) is -0.252. The monoisotopic (exact) mass is 333 g/mol. The minimum Gasteiger partial charge on any atom is -0.370 e. The molecule has 0 bridgehead atoms. The smallest absolute Gasteiger partial charge is 0.322 e. The number of rotatable bonds is 1. The van der Waals surface area contributed by atoms with Crippen LogP contribution in [0.3, 0.4) is 0 Å². The van der Waals surface area contributed by atoms with Gasteiger partial charge in [0.1, 0.15) is 5.54 Å². The van der Waals surface area contributed by atoms with Gasteiger partial charge in [0.05, 0.1) is 11.7 Å². The van der Waals surface area contributed by atoms with Gasteiger partial charge in [-0.15, -0.1) is 0 Å². The molecule has 23 heavy (non-hydrogen) atoms. The van der Waals surface area contributed by atoms with E-state index < -0.39 is 11.6 Å². The number of piperidine rings is 1. The van der Waals surface area contributed by atoms with Gasteiger partial charge in [-0.25, -0.2) is 4.79 Å². The highest BCUT2D eigenvalue weighted by Gasteiger charge is 2.52. The van der Waals surface area contributed by atoms with Crippen LogP contribution in [0.15, 0.2) is 18.3 Å². The first-order valence-corrected chi connectivity index (χ1v) is 7.88. The summed E-state index contributed by atoms with van der Waals surface area (Å²) in [6.45, 7) is 3.28. The number of aromatic nitrogens is 2. The molecule has 7 nitrogen and oxygen atoms in total. The third kappa shape index (κ3) is 2.07. The summed E-state index contributed by atoms with van der Waals surface area (Å²) in [4.78, 5) is 25.9. The second-order valence-electron chi connectivity index (χ2n) is 6.23. The Bertz CT molecular complexity index is 819. The van der Waals surface area contributed by atoms with Gasteiger partial charge in [-0.2, -0.15) is 5.10 Å². The van der Waals surface area contributed by atoms with Crippen LogP contribution < -0.4 is 15.5 Å². The Kier molecular flexibility index (Phi) is 3.02. The van der Waals surface area contributed by atoms with E-state index in [9.17, 15) is 9.59 Å². The second kappa shape index (κ2) is 4.86. The largest absolute Gasteiger partial charge is 0.370 e. The maximum atomic E-state index is 12.2. The molecular formula is C15H16ClN5O2. The SMILES string of the molecule is CC1CN(c2cc(Cl)cc3[nH]ncc23)CCC12NC(=O)NC2=O. The fourth-order valence-corrected chi connectivity index (χ4v) is 3.85. The van der Waals surface area contributed by atoms with Gasteiger partial charge in [-0.1, -0.05) is 18.5 Å². The Morgan fingerprint density at radius 2 is 2.22 bits per heavy atom. The highest BCUT2D eigenvalue weighted by atomic mass is 35.5. The molecule has 2 aliphatic rings. The molecule has 4 rings (SSSR count). The lowest BCUT2D eigenvalue weighted by atomic mass is 9.78. The van der Waals surface area contributed by atoms with E-state index >= 15 is 0 Å². The number of amides is 3. The zero-order valence-corrected chi connectivity index (χ0v) is 13.3. The number of benzene rings is 1. The van der Waals surface area contributed by atoms with Crippen molar-refractivity contribution in [2.24, 2.45) is 5.92 Å². The minimum absolute atomic E-state index is 0.0244. The van der Waals surface area contributed by atoms with Crippen LogP contribution in [0.5, 0.6) is 0 Å². The number of urea groups is 1.